The van der Waals surface area contributed by atoms with Crippen LogP contribution >= 0.6 is 22.6 Å². The molecule has 4 aromatic carbocycles. The third kappa shape index (κ3) is 9.79. The standard InChI is InChI=1S/C39H47IN4O5S/c1-5-19-44(20-6-2)39(47)30-23-33(29-15-17-32(18-16-29)50(48,49)43(3)4)37(35(24-30)38(41)46)34(22-27-11-8-7-9-12-27)36(45)26-42-25-28-13-10-14-31(40)21-28/h7-18,21,23-24,34,36,42,45H,5-6,19-20,22,25-26H2,1-4H3,(H2,41,46)/t34-,36+/m1/s1. The van der Waals surface area contributed by atoms with Crippen LogP contribution in [0.5, 0.6) is 0 Å². The molecule has 0 spiro atoms. The predicted molar refractivity (Wildman–Crippen MR) is 208 cm³/mol. The average Bonchev–Trinajstić information content (AvgIpc) is 3.10. The topological polar surface area (TPSA) is 133 Å². The van der Waals surface area contributed by atoms with Gasteiger partial charge < -0.3 is 21.1 Å². The minimum Gasteiger partial charge on any atom is -0.391 e. The van der Waals surface area contributed by atoms with E-state index in [0.29, 0.717) is 48.3 Å². The number of nitrogens with two attached hydrogens (primary N) is 1. The lowest BCUT2D eigenvalue weighted by atomic mass is 9.79. The van der Waals surface area contributed by atoms with Crippen molar-refractivity contribution in [2.45, 2.75) is 56.6 Å². The summed E-state index contributed by atoms with van der Waals surface area (Å²) in [7, 11) is -0.773. The number of hydrogen-bond acceptors (Lipinski definition) is 6. The van der Waals surface area contributed by atoms with E-state index < -0.39 is 28.0 Å². The van der Waals surface area contributed by atoms with Crippen LogP contribution in [0.15, 0.2) is 95.9 Å². The minimum atomic E-state index is -3.71. The summed E-state index contributed by atoms with van der Waals surface area (Å²) in [5.74, 6) is -1.58. The number of halogens is 1. The van der Waals surface area contributed by atoms with E-state index in [-0.39, 0.29) is 22.9 Å². The van der Waals surface area contributed by atoms with Gasteiger partial charge in [-0.05, 0) is 106 Å². The van der Waals surface area contributed by atoms with Gasteiger partial charge in [-0.15, -0.1) is 0 Å². The Morgan fingerprint density at radius 1 is 0.880 bits per heavy atom. The molecule has 0 saturated heterocycles. The van der Waals surface area contributed by atoms with Crippen molar-refractivity contribution >= 4 is 44.4 Å². The van der Waals surface area contributed by atoms with Crippen molar-refractivity contribution in [1.82, 2.24) is 14.5 Å². The summed E-state index contributed by atoms with van der Waals surface area (Å²) in [5.41, 5.74) is 10.2. The Balaban J connectivity index is 1.91. The van der Waals surface area contributed by atoms with Crippen molar-refractivity contribution in [3.8, 4) is 11.1 Å². The molecule has 4 aromatic rings. The molecule has 9 nitrogen and oxygen atoms in total. The number of nitrogens with zero attached hydrogens (tertiary/aromatic N) is 2. The Labute approximate surface area is 310 Å². The number of benzene rings is 4. The van der Waals surface area contributed by atoms with Crippen LogP contribution in [-0.2, 0) is 23.0 Å². The summed E-state index contributed by atoms with van der Waals surface area (Å²) in [6, 6.07) is 27.5. The lowest BCUT2D eigenvalue weighted by Gasteiger charge is -2.29. The summed E-state index contributed by atoms with van der Waals surface area (Å²) < 4.78 is 28.1. The maximum Gasteiger partial charge on any atom is 0.253 e. The summed E-state index contributed by atoms with van der Waals surface area (Å²) in [5, 5.41) is 15.4. The van der Waals surface area contributed by atoms with Gasteiger partial charge in [0.05, 0.1) is 11.0 Å². The van der Waals surface area contributed by atoms with Crippen molar-refractivity contribution in [2.75, 3.05) is 33.7 Å². The SMILES string of the molecule is CCCN(CCC)C(=O)c1cc(C(N)=O)c([C@H](Cc2ccccc2)[C@@H](O)CNCc2cccc(I)c2)c(-c2ccc(S(=O)(=O)N(C)C)cc2)c1. The van der Waals surface area contributed by atoms with E-state index in [4.69, 9.17) is 5.73 Å². The number of carbonyl (C=O) groups excluding carboxylic acids is 2. The fourth-order valence-electron chi connectivity index (χ4n) is 6.13. The smallest absolute Gasteiger partial charge is 0.253 e. The van der Waals surface area contributed by atoms with Gasteiger partial charge >= 0.3 is 0 Å². The molecule has 266 valence electrons. The zero-order chi connectivity index (χ0) is 36.4. The number of hydrogen-bond donors (Lipinski definition) is 3. The highest BCUT2D eigenvalue weighted by molar-refractivity contribution is 14.1. The Morgan fingerprint density at radius 3 is 2.10 bits per heavy atom. The summed E-state index contributed by atoms with van der Waals surface area (Å²) in [6.07, 6.45) is 0.934. The third-order valence-electron chi connectivity index (χ3n) is 8.62. The van der Waals surface area contributed by atoms with Crippen LogP contribution in [0.2, 0.25) is 0 Å². The van der Waals surface area contributed by atoms with E-state index in [1.807, 2.05) is 62.4 Å². The lowest BCUT2D eigenvalue weighted by molar-refractivity contribution is 0.0755. The molecule has 0 fully saturated rings. The average molecular weight is 811 g/mol. The maximum absolute atomic E-state index is 14.0. The van der Waals surface area contributed by atoms with Crippen LogP contribution < -0.4 is 11.1 Å². The fourth-order valence-corrected chi connectivity index (χ4v) is 7.63. The lowest BCUT2D eigenvalue weighted by Crippen LogP contribution is -2.35. The number of nitrogens with one attached hydrogen (secondary N) is 1. The number of carbonyl (C=O) groups is 2. The highest BCUT2D eigenvalue weighted by Gasteiger charge is 2.31. The summed E-state index contributed by atoms with van der Waals surface area (Å²) in [6.45, 7) is 5.85. The van der Waals surface area contributed by atoms with Gasteiger partial charge in [0, 0.05) is 60.9 Å². The van der Waals surface area contributed by atoms with Crippen LogP contribution in [0.4, 0.5) is 0 Å². The van der Waals surface area contributed by atoms with E-state index in [9.17, 15) is 23.1 Å². The zero-order valence-electron chi connectivity index (χ0n) is 29.1. The first-order chi connectivity index (χ1) is 23.9. The molecule has 0 unspecified atom stereocenters. The maximum atomic E-state index is 14.0. The minimum absolute atomic E-state index is 0.105. The number of aliphatic hydroxyl groups is 1. The Bertz CT molecular complexity index is 1860. The van der Waals surface area contributed by atoms with Gasteiger partial charge in [-0.3, -0.25) is 9.59 Å². The van der Waals surface area contributed by atoms with Gasteiger partial charge in [-0.1, -0.05) is 68.4 Å². The second-order valence-electron chi connectivity index (χ2n) is 12.6. The first-order valence-electron chi connectivity index (χ1n) is 16.8. The van der Waals surface area contributed by atoms with Gasteiger partial charge in [-0.2, -0.15) is 0 Å². The van der Waals surface area contributed by atoms with Crippen molar-refractivity contribution in [2.24, 2.45) is 5.73 Å². The Morgan fingerprint density at radius 2 is 1.52 bits per heavy atom. The zero-order valence-corrected chi connectivity index (χ0v) is 32.1. The van der Waals surface area contributed by atoms with E-state index in [1.165, 1.54) is 26.2 Å². The number of rotatable bonds is 17. The van der Waals surface area contributed by atoms with Gasteiger partial charge in [0.2, 0.25) is 15.9 Å². The molecule has 0 aliphatic rings. The van der Waals surface area contributed by atoms with Crippen LogP contribution in [0.3, 0.4) is 0 Å². The third-order valence-corrected chi connectivity index (χ3v) is 11.1. The molecule has 0 radical (unpaired) electrons. The predicted octanol–water partition coefficient (Wildman–Crippen LogP) is 6.05. The van der Waals surface area contributed by atoms with E-state index in [0.717, 1.165) is 31.8 Å². The fraction of sp³-hybridized carbons (Fsp3) is 0.333. The first-order valence-corrected chi connectivity index (χ1v) is 19.4. The second kappa shape index (κ2) is 18.0. The molecule has 4 rings (SSSR count). The number of aliphatic hydroxyl groups excluding tert-OH is 1. The molecule has 0 aromatic heterocycles. The molecular weight excluding hydrogens is 763 g/mol. The quantitative estimate of drug-likeness (QED) is 0.111. The molecule has 0 saturated carbocycles. The second-order valence-corrected chi connectivity index (χ2v) is 16.0. The van der Waals surface area contributed by atoms with Crippen LogP contribution in [0, 0.1) is 3.57 Å². The molecule has 11 heteroatoms. The van der Waals surface area contributed by atoms with Gasteiger partial charge in [-0.25, -0.2) is 12.7 Å². The van der Waals surface area contributed by atoms with Gasteiger partial charge in [0.1, 0.15) is 0 Å². The molecule has 2 amide bonds. The van der Waals surface area contributed by atoms with Crippen LogP contribution in [-0.4, -0.2) is 74.4 Å². The first kappa shape index (κ1) is 39.2. The number of sulfonamides is 1. The van der Waals surface area contributed by atoms with Crippen molar-refractivity contribution < 1.29 is 23.1 Å². The molecular formula is C39H47IN4O5S. The van der Waals surface area contributed by atoms with E-state index >= 15 is 0 Å². The Kier molecular flexibility index (Phi) is 14.1. The van der Waals surface area contributed by atoms with E-state index in [1.54, 1.807) is 29.2 Å². The Hall–Kier alpha value is -3.62. The largest absolute Gasteiger partial charge is 0.391 e. The normalized spacial score (nSPS) is 12.9. The number of amides is 2. The molecule has 0 aliphatic heterocycles. The van der Waals surface area contributed by atoms with Crippen molar-refractivity contribution in [3.05, 3.63) is 122 Å². The molecule has 4 N–H and O–H groups in total. The molecule has 2 atom stereocenters. The molecule has 0 aliphatic carbocycles. The van der Waals surface area contributed by atoms with Crippen molar-refractivity contribution in [1.29, 1.82) is 0 Å². The number of primary amides is 1. The highest BCUT2D eigenvalue weighted by atomic mass is 127. The van der Waals surface area contributed by atoms with Crippen molar-refractivity contribution in [3.63, 3.8) is 0 Å². The molecule has 0 bridgehead atoms. The summed E-state index contributed by atoms with van der Waals surface area (Å²) in [4.78, 5) is 29.2. The van der Waals surface area contributed by atoms with Crippen LogP contribution in [0.1, 0.15) is 70.0 Å². The van der Waals surface area contributed by atoms with Gasteiger partial charge in [0.15, 0.2) is 0 Å². The molecule has 50 heavy (non-hydrogen) atoms. The molecule has 0 heterocycles. The monoisotopic (exact) mass is 810 g/mol. The summed E-state index contributed by atoms with van der Waals surface area (Å²) >= 11 is 2.27. The van der Waals surface area contributed by atoms with Gasteiger partial charge in [0.25, 0.3) is 5.91 Å². The van der Waals surface area contributed by atoms with E-state index in [2.05, 4.69) is 34.0 Å². The van der Waals surface area contributed by atoms with Crippen LogP contribution in [0.25, 0.3) is 11.1 Å². The highest BCUT2D eigenvalue weighted by Crippen LogP contribution is 2.38.